The quantitative estimate of drug-likeness (QED) is 0.309. The zero-order valence-electron chi connectivity index (χ0n) is 17.0. The van der Waals surface area contributed by atoms with Gasteiger partial charge in [0.05, 0.1) is 5.52 Å². The van der Waals surface area contributed by atoms with Crippen LogP contribution in [0, 0.1) is 5.82 Å². The standard InChI is InChI=1S/C26H24FNO2/c1-3-5-9-18(4-2)17-29-25-16-21(30-20-10-7-6-8-11-20)15-23-22-14-19(27)12-13-24(22)28-26(23)25/h4,6-16,28H,2-3,5,17H2,1H3/b18-9+. The van der Waals surface area contributed by atoms with E-state index >= 15 is 0 Å². The Labute approximate surface area is 175 Å². The number of rotatable bonds is 8. The number of allylic oxidation sites excluding steroid dienone is 1. The van der Waals surface area contributed by atoms with Crippen molar-refractivity contribution in [2.75, 3.05) is 6.61 Å². The predicted molar refractivity (Wildman–Crippen MR) is 121 cm³/mol. The SMILES string of the molecule is C=C/C(=C\CCC)COc1cc(Oc2ccccc2)cc2c1[nH]c1ccc(F)cc12. The first-order valence-electron chi connectivity index (χ1n) is 10.1. The minimum atomic E-state index is -0.281. The molecule has 0 aliphatic carbocycles. The van der Waals surface area contributed by atoms with Crippen LogP contribution in [0.1, 0.15) is 19.8 Å². The molecular formula is C26H24FNO2. The molecule has 0 bridgehead atoms. The Hall–Kier alpha value is -3.53. The van der Waals surface area contributed by atoms with Crippen molar-refractivity contribution in [3.63, 3.8) is 0 Å². The van der Waals surface area contributed by atoms with Crippen LogP contribution in [0.15, 0.2) is 85.0 Å². The van der Waals surface area contributed by atoms with Crippen LogP contribution < -0.4 is 9.47 Å². The van der Waals surface area contributed by atoms with E-state index in [0.717, 1.165) is 46.0 Å². The van der Waals surface area contributed by atoms with Gasteiger partial charge >= 0.3 is 0 Å². The Kier molecular flexibility index (Phi) is 5.84. The molecule has 4 heteroatoms. The second-order valence-corrected chi connectivity index (χ2v) is 7.13. The molecule has 4 aromatic rings. The summed E-state index contributed by atoms with van der Waals surface area (Å²) in [6.07, 6.45) is 5.99. The summed E-state index contributed by atoms with van der Waals surface area (Å²) in [5.74, 6) is 1.73. The van der Waals surface area contributed by atoms with Crippen LogP contribution in [-0.2, 0) is 0 Å². The molecule has 0 aliphatic heterocycles. The van der Waals surface area contributed by atoms with Crippen LogP contribution in [0.5, 0.6) is 17.2 Å². The molecule has 30 heavy (non-hydrogen) atoms. The molecule has 1 N–H and O–H groups in total. The summed E-state index contributed by atoms with van der Waals surface area (Å²) < 4.78 is 26.1. The van der Waals surface area contributed by atoms with Gasteiger partial charge in [0.15, 0.2) is 0 Å². The monoisotopic (exact) mass is 401 g/mol. The molecule has 152 valence electrons. The fraction of sp³-hybridized carbons (Fsp3) is 0.154. The number of hydrogen-bond acceptors (Lipinski definition) is 2. The third-order valence-corrected chi connectivity index (χ3v) is 4.94. The molecule has 0 saturated carbocycles. The lowest BCUT2D eigenvalue weighted by molar-refractivity contribution is 0.356. The molecule has 0 spiro atoms. The number of ether oxygens (including phenoxy) is 2. The van der Waals surface area contributed by atoms with Crippen molar-refractivity contribution in [3.8, 4) is 17.2 Å². The lowest BCUT2D eigenvalue weighted by Crippen LogP contribution is -2.00. The Bertz CT molecular complexity index is 1210. The van der Waals surface area contributed by atoms with Crippen molar-refractivity contribution in [3.05, 3.63) is 90.8 Å². The Morgan fingerprint density at radius 3 is 2.63 bits per heavy atom. The molecule has 3 nitrogen and oxygen atoms in total. The van der Waals surface area contributed by atoms with Gasteiger partial charge in [0.1, 0.15) is 29.7 Å². The highest BCUT2D eigenvalue weighted by atomic mass is 19.1. The molecule has 4 rings (SSSR count). The van der Waals surface area contributed by atoms with E-state index in [4.69, 9.17) is 9.47 Å². The molecule has 0 saturated heterocycles. The van der Waals surface area contributed by atoms with Gasteiger partial charge in [0, 0.05) is 22.4 Å². The van der Waals surface area contributed by atoms with E-state index < -0.39 is 0 Å². The van der Waals surface area contributed by atoms with Gasteiger partial charge in [0.2, 0.25) is 0 Å². The van der Waals surface area contributed by atoms with Crippen molar-refractivity contribution in [2.24, 2.45) is 0 Å². The number of benzene rings is 3. The van der Waals surface area contributed by atoms with Gasteiger partial charge in [-0.2, -0.15) is 0 Å². The second kappa shape index (κ2) is 8.87. The minimum absolute atomic E-state index is 0.281. The van der Waals surface area contributed by atoms with Gasteiger partial charge in [-0.25, -0.2) is 4.39 Å². The smallest absolute Gasteiger partial charge is 0.147 e. The average molecular weight is 401 g/mol. The van der Waals surface area contributed by atoms with Crippen molar-refractivity contribution in [2.45, 2.75) is 19.8 Å². The van der Waals surface area contributed by atoms with Crippen LogP contribution in [0.25, 0.3) is 21.8 Å². The first kappa shape index (κ1) is 19.8. The lowest BCUT2D eigenvalue weighted by atomic mass is 10.1. The summed E-state index contributed by atoms with van der Waals surface area (Å²) in [7, 11) is 0. The van der Waals surface area contributed by atoms with E-state index in [2.05, 4.69) is 24.6 Å². The summed E-state index contributed by atoms with van der Waals surface area (Å²) in [6, 6.07) is 18.0. The van der Waals surface area contributed by atoms with E-state index in [0.29, 0.717) is 18.1 Å². The molecule has 1 heterocycles. The van der Waals surface area contributed by atoms with Crippen molar-refractivity contribution in [1.29, 1.82) is 0 Å². The van der Waals surface area contributed by atoms with Crippen LogP contribution in [0.3, 0.4) is 0 Å². The molecule has 0 unspecified atom stereocenters. The molecule has 0 radical (unpaired) electrons. The molecule has 1 aromatic heterocycles. The number of halogens is 1. The number of nitrogens with one attached hydrogen (secondary N) is 1. The number of aromatic nitrogens is 1. The maximum absolute atomic E-state index is 13.9. The first-order valence-corrected chi connectivity index (χ1v) is 10.1. The van der Waals surface area contributed by atoms with E-state index in [1.807, 2.05) is 48.5 Å². The van der Waals surface area contributed by atoms with Crippen molar-refractivity contribution < 1.29 is 13.9 Å². The van der Waals surface area contributed by atoms with Crippen LogP contribution in [-0.4, -0.2) is 11.6 Å². The molecular weight excluding hydrogens is 377 g/mol. The third-order valence-electron chi connectivity index (χ3n) is 4.94. The van der Waals surface area contributed by atoms with Crippen LogP contribution >= 0.6 is 0 Å². The predicted octanol–water partition coefficient (Wildman–Crippen LogP) is 7.54. The maximum Gasteiger partial charge on any atom is 0.147 e. The summed E-state index contributed by atoms with van der Waals surface area (Å²) >= 11 is 0. The zero-order chi connectivity index (χ0) is 20.9. The largest absolute Gasteiger partial charge is 0.487 e. The van der Waals surface area contributed by atoms with Crippen molar-refractivity contribution in [1.82, 2.24) is 4.98 Å². The van der Waals surface area contributed by atoms with E-state index in [-0.39, 0.29) is 5.82 Å². The molecule has 0 amide bonds. The summed E-state index contributed by atoms with van der Waals surface area (Å²) in [5, 5.41) is 1.64. The molecule has 3 aromatic carbocycles. The fourth-order valence-electron chi connectivity index (χ4n) is 3.40. The van der Waals surface area contributed by atoms with Gasteiger partial charge in [-0.05, 0) is 48.4 Å². The van der Waals surface area contributed by atoms with E-state index in [9.17, 15) is 4.39 Å². The number of fused-ring (bicyclic) bond motifs is 3. The van der Waals surface area contributed by atoms with Gasteiger partial charge in [-0.3, -0.25) is 0 Å². The number of H-pyrrole nitrogens is 1. The third kappa shape index (κ3) is 4.23. The highest BCUT2D eigenvalue weighted by Crippen LogP contribution is 2.37. The Balaban J connectivity index is 1.78. The maximum atomic E-state index is 13.9. The van der Waals surface area contributed by atoms with Gasteiger partial charge in [0.25, 0.3) is 0 Å². The first-order chi connectivity index (χ1) is 14.7. The lowest BCUT2D eigenvalue weighted by Gasteiger charge is -2.12. The van der Waals surface area contributed by atoms with Gasteiger partial charge in [-0.15, -0.1) is 0 Å². The minimum Gasteiger partial charge on any atom is -0.487 e. The molecule has 0 atom stereocenters. The van der Waals surface area contributed by atoms with E-state index in [1.54, 1.807) is 6.07 Å². The number of unbranched alkanes of at least 4 members (excludes halogenated alkanes) is 1. The fourth-order valence-corrected chi connectivity index (χ4v) is 3.40. The zero-order valence-corrected chi connectivity index (χ0v) is 17.0. The number of hydrogen-bond donors (Lipinski definition) is 1. The summed E-state index contributed by atoms with van der Waals surface area (Å²) in [5.41, 5.74) is 2.69. The Morgan fingerprint density at radius 2 is 1.87 bits per heavy atom. The highest BCUT2D eigenvalue weighted by molar-refractivity contribution is 6.09. The Morgan fingerprint density at radius 1 is 1.03 bits per heavy atom. The van der Waals surface area contributed by atoms with Crippen molar-refractivity contribution >= 4 is 21.8 Å². The van der Waals surface area contributed by atoms with E-state index in [1.165, 1.54) is 12.1 Å². The molecule has 0 fully saturated rings. The topological polar surface area (TPSA) is 34.2 Å². The van der Waals surface area contributed by atoms with Crippen LogP contribution in [0.2, 0.25) is 0 Å². The molecule has 0 aliphatic rings. The average Bonchev–Trinajstić information content (AvgIpc) is 3.12. The van der Waals surface area contributed by atoms with Gasteiger partial charge < -0.3 is 14.5 Å². The summed E-state index contributed by atoms with van der Waals surface area (Å²) in [6.45, 7) is 6.42. The van der Waals surface area contributed by atoms with Gasteiger partial charge in [-0.1, -0.05) is 50.3 Å². The highest BCUT2D eigenvalue weighted by Gasteiger charge is 2.14. The summed E-state index contributed by atoms with van der Waals surface area (Å²) in [4.78, 5) is 3.36. The normalized spacial score (nSPS) is 11.7. The number of aromatic amines is 1. The second-order valence-electron chi connectivity index (χ2n) is 7.13. The van der Waals surface area contributed by atoms with Crippen LogP contribution in [0.4, 0.5) is 4.39 Å². The number of para-hydroxylation sites is 1.